The van der Waals surface area contributed by atoms with Crippen LogP contribution in [0.5, 0.6) is 0 Å². The van der Waals surface area contributed by atoms with Gasteiger partial charge in [0.05, 0.1) is 5.69 Å². The lowest BCUT2D eigenvalue weighted by Crippen LogP contribution is -2.04. The summed E-state index contributed by atoms with van der Waals surface area (Å²) in [5, 5.41) is 5.67. The van der Waals surface area contributed by atoms with Crippen LogP contribution in [0.1, 0.15) is 16.8 Å². The molecular formula is C17H12F3N3. The van der Waals surface area contributed by atoms with Crippen LogP contribution in [0.3, 0.4) is 0 Å². The minimum absolute atomic E-state index is 0.160. The van der Waals surface area contributed by atoms with Crippen LogP contribution >= 0.6 is 0 Å². The summed E-state index contributed by atoms with van der Waals surface area (Å²) in [5.74, 6) is 0. The van der Waals surface area contributed by atoms with Crippen molar-refractivity contribution in [1.82, 2.24) is 15.2 Å². The molecule has 1 N–H and O–H groups in total. The van der Waals surface area contributed by atoms with E-state index in [2.05, 4.69) is 10.1 Å². The summed E-state index contributed by atoms with van der Waals surface area (Å²) >= 11 is 0. The number of rotatable bonds is 3. The Morgan fingerprint density at radius 1 is 0.870 bits per heavy atom. The van der Waals surface area contributed by atoms with Gasteiger partial charge in [-0.05, 0) is 29.3 Å². The monoisotopic (exact) mass is 315 g/mol. The Labute approximate surface area is 130 Å². The Hall–Kier alpha value is -2.89. The quantitative estimate of drug-likeness (QED) is 0.763. The number of aromatic amines is 1. The van der Waals surface area contributed by atoms with E-state index in [0.717, 1.165) is 17.2 Å². The molecule has 0 spiro atoms. The molecule has 1 aromatic carbocycles. The first-order valence-electron chi connectivity index (χ1n) is 6.84. The summed E-state index contributed by atoms with van der Waals surface area (Å²) in [4.78, 5) is 4.08. The molecule has 3 nitrogen and oxygen atoms in total. The van der Waals surface area contributed by atoms with Crippen LogP contribution in [0, 0.1) is 0 Å². The molecule has 0 aliphatic carbocycles. The largest absolute Gasteiger partial charge is 0.432 e. The lowest BCUT2D eigenvalue weighted by atomic mass is 10.1. The average Bonchev–Trinajstić information content (AvgIpc) is 3.05. The van der Waals surface area contributed by atoms with E-state index >= 15 is 0 Å². The number of pyridine rings is 1. The van der Waals surface area contributed by atoms with Gasteiger partial charge in [0.15, 0.2) is 0 Å². The predicted molar refractivity (Wildman–Crippen MR) is 82.2 cm³/mol. The SMILES string of the molecule is FC(F)(F)c1cc(-c2cc(/C=C/c3ccccc3)ccn2)n[nH]1. The highest BCUT2D eigenvalue weighted by atomic mass is 19.4. The zero-order valence-corrected chi connectivity index (χ0v) is 11.9. The molecule has 0 amide bonds. The summed E-state index contributed by atoms with van der Waals surface area (Å²) in [6.45, 7) is 0. The van der Waals surface area contributed by atoms with Crippen LogP contribution in [-0.4, -0.2) is 15.2 Å². The van der Waals surface area contributed by atoms with E-state index in [1.807, 2.05) is 47.6 Å². The normalized spacial score (nSPS) is 12.0. The molecule has 0 bridgehead atoms. The van der Waals surface area contributed by atoms with Gasteiger partial charge in [-0.25, -0.2) is 0 Å². The lowest BCUT2D eigenvalue weighted by Gasteiger charge is -2.00. The minimum Gasteiger partial charge on any atom is -0.273 e. The van der Waals surface area contributed by atoms with Crippen molar-refractivity contribution >= 4 is 12.2 Å². The Balaban J connectivity index is 1.85. The number of nitrogens with one attached hydrogen (secondary N) is 1. The maximum atomic E-state index is 12.6. The molecule has 6 heteroatoms. The van der Waals surface area contributed by atoms with E-state index in [1.165, 1.54) is 0 Å². The van der Waals surface area contributed by atoms with Gasteiger partial charge in [-0.3, -0.25) is 10.1 Å². The number of H-pyrrole nitrogens is 1. The first-order valence-corrected chi connectivity index (χ1v) is 6.84. The third-order valence-electron chi connectivity index (χ3n) is 3.20. The van der Waals surface area contributed by atoms with Crippen molar-refractivity contribution < 1.29 is 13.2 Å². The molecule has 0 aliphatic heterocycles. The molecule has 0 radical (unpaired) electrons. The Kier molecular flexibility index (Phi) is 3.97. The Bertz CT molecular complexity index is 820. The van der Waals surface area contributed by atoms with Gasteiger partial charge in [-0.15, -0.1) is 0 Å². The van der Waals surface area contributed by atoms with E-state index in [9.17, 15) is 13.2 Å². The number of hydrogen-bond acceptors (Lipinski definition) is 2. The van der Waals surface area contributed by atoms with Gasteiger partial charge in [0.2, 0.25) is 0 Å². The molecule has 0 aliphatic rings. The molecule has 23 heavy (non-hydrogen) atoms. The van der Waals surface area contributed by atoms with Gasteiger partial charge in [-0.2, -0.15) is 18.3 Å². The van der Waals surface area contributed by atoms with E-state index < -0.39 is 11.9 Å². The highest BCUT2D eigenvalue weighted by Crippen LogP contribution is 2.29. The van der Waals surface area contributed by atoms with Crippen LogP contribution < -0.4 is 0 Å². The second-order valence-corrected chi connectivity index (χ2v) is 4.88. The van der Waals surface area contributed by atoms with Crippen molar-refractivity contribution in [2.45, 2.75) is 6.18 Å². The molecule has 3 rings (SSSR count). The van der Waals surface area contributed by atoms with Crippen LogP contribution in [0.25, 0.3) is 23.5 Å². The summed E-state index contributed by atoms with van der Waals surface area (Å²) in [6.07, 6.45) is 0.890. The molecular weight excluding hydrogens is 303 g/mol. The molecule has 0 fully saturated rings. The molecule has 3 aromatic rings. The minimum atomic E-state index is -4.45. The predicted octanol–water partition coefficient (Wildman–Crippen LogP) is 4.66. The molecule has 0 saturated heterocycles. The maximum absolute atomic E-state index is 12.6. The first-order chi connectivity index (χ1) is 11.0. The van der Waals surface area contributed by atoms with Gasteiger partial charge in [0.25, 0.3) is 0 Å². The zero-order valence-electron chi connectivity index (χ0n) is 11.9. The van der Waals surface area contributed by atoms with Crippen molar-refractivity contribution in [3.63, 3.8) is 0 Å². The highest BCUT2D eigenvalue weighted by Gasteiger charge is 2.33. The van der Waals surface area contributed by atoms with Crippen molar-refractivity contribution in [3.05, 3.63) is 71.5 Å². The topological polar surface area (TPSA) is 41.6 Å². The van der Waals surface area contributed by atoms with E-state index in [1.54, 1.807) is 18.3 Å². The smallest absolute Gasteiger partial charge is 0.273 e. The first kappa shape index (κ1) is 15.0. The fourth-order valence-electron chi connectivity index (χ4n) is 2.05. The van der Waals surface area contributed by atoms with Crippen LogP contribution in [-0.2, 0) is 6.18 Å². The van der Waals surface area contributed by atoms with Crippen molar-refractivity contribution in [2.75, 3.05) is 0 Å². The van der Waals surface area contributed by atoms with Crippen molar-refractivity contribution in [2.24, 2.45) is 0 Å². The molecule has 0 unspecified atom stereocenters. The zero-order chi connectivity index (χ0) is 16.3. The number of hydrogen-bond donors (Lipinski definition) is 1. The van der Waals surface area contributed by atoms with Gasteiger partial charge >= 0.3 is 6.18 Å². The van der Waals surface area contributed by atoms with E-state index in [4.69, 9.17) is 0 Å². The third-order valence-corrected chi connectivity index (χ3v) is 3.20. The molecule has 2 heterocycles. The van der Waals surface area contributed by atoms with Gasteiger partial charge < -0.3 is 0 Å². The second-order valence-electron chi connectivity index (χ2n) is 4.88. The fraction of sp³-hybridized carbons (Fsp3) is 0.0588. The van der Waals surface area contributed by atoms with Crippen LogP contribution in [0.4, 0.5) is 13.2 Å². The van der Waals surface area contributed by atoms with Gasteiger partial charge in [-0.1, -0.05) is 42.5 Å². The lowest BCUT2D eigenvalue weighted by molar-refractivity contribution is -0.141. The fourth-order valence-corrected chi connectivity index (χ4v) is 2.05. The number of halogens is 3. The van der Waals surface area contributed by atoms with Crippen LogP contribution in [0.2, 0.25) is 0 Å². The highest BCUT2D eigenvalue weighted by molar-refractivity contribution is 5.71. The van der Waals surface area contributed by atoms with E-state index in [0.29, 0.717) is 5.69 Å². The molecule has 116 valence electrons. The van der Waals surface area contributed by atoms with Gasteiger partial charge in [0, 0.05) is 6.20 Å². The average molecular weight is 315 g/mol. The van der Waals surface area contributed by atoms with Gasteiger partial charge in [0.1, 0.15) is 11.4 Å². The summed E-state index contributed by atoms with van der Waals surface area (Å²) < 4.78 is 37.8. The Morgan fingerprint density at radius 3 is 2.30 bits per heavy atom. The maximum Gasteiger partial charge on any atom is 0.432 e. The summed E-state index contributed by atoms with van der Waals surface area (Å²) in [5.41, 5.74) is 1.51. The number of aromatic nitrogens is 3. The number of benzene rings is 1. The summed E-state index contributed by atoms with van der Waals surface area (Å²) in [6, 6.07) is 14.1. The standard InChI is InChI=1S/C17H12F3N3/c18-17(19,20)16-11-15(22-23-16)14-10-13(8-9-21-14)7-6-12-4-2-1-3-5-12/h1-11H,(H,22,23)/b7-6+. The van der Waals surface area contributed by atoms with Crippen LogP contribution in [0.15, 0.2) is 54.7 Å². The van der Waals surface area contributed by atoms with E-state index in [-0.39, 0.29) is 5.69 Å². The number of nitrogens with zero attached hydrogens (tertiary/aromatic N) is 2. The third kappa shape index (κ3) is 3.66. The van der Waals surface area contributed by atoms with Crippen molar-refractivity contribution in [3.8, 4) is 11.4 Å². The Morgan fingerprint density at radius 2 is 1.61 bits per heavy atom. The molecule has 0 atom stereocenters. The summed E-state index contributed by atoms with van der Waals surface area (Å²) in [7, 11) is 0. The van der Waals surface area contributed by atoms with Crippen molar-refractivity contribution in [1.29, 1.82) is 0 Å². The molecule has 2 aromatic heterocycles. The molecule has 0 saturated carbocycles. The number of alkyl halides is 3. The second kappa shape index (κ2) is 6.08.